The van der Waals surface area contributed by atoms with Crippen LogP contribution in [0.2, 0.25) is 5.02 Å². The molecule has 7 heteroatoms. The third-order valence-corrected chi connectivity index (χ3v) is 4.64. The molecule has 0 unspecified atom stereocenters. The molecular formula is C22H21ClN4O2. The van der Waals surface area contributed by atoms with Gasteiger partial charge in [-0.1, -0.05) is 29.8 Å². The van der Waals surface area contributed by atoms with Gasteiger partial charge >= 0.3 is 0 Å². The third-order valence-electron chi connectivity index (χ3n) is 4.23. The third kappa shape index (κ3) is 5.56. The van der Waals surface area contributed by atoms with E-state index in [1.165, 1.54) is 0 Å². The smallest absolute Gasteiger partial charge is 0.258 e. The molecule has 0 fully saturated rings. The van der Waals surface area contributed by atoms with Crippen LogP contribution in [0.3, 0.4) is 0 Å². The Balaban J connectivity index is 1.85. The van der Waals surface area contributed by atoms with E-state index in [9.17, 15) is 4.79 Å². The molecule has 0 aliphatic carbocycles. The molecule has 1 aromatic heterocycles. The minimum Gasteiger partial charge on any atom is -0.497 e. The summed E-state index contributed by atoms with van der Waals surface area (Å²) >= 11 is 6.22. The maximum Gasteiger partial charge on any atom is 0.258 e. The lowest BCUT2D eigenvalue weighted by Gasteiger charge is -2.14. The highest BCUT2D eigenvalue weighted by Gasteiger charge is 2.12. The highest BCUT2D eigenvalue weighted by atomic mass is 35.5. The molecule has 1 heterocycles. The number of aromatic nitrogens is 1. The van der Waals surface area contributed by atoms with E-state index in [0.29, 0.717) is 28.8 Å². The molecule has 2 N–H and O–H groups in total. The number of ether oxygens (including phenoxy) is 1. The van der Waals surface area contributed by atoms with Gasteiger partial charge in [0.05, 0.1) is 13.7 Å². The Morgan fingerprint density at radius 2 is 2.00 bits per heavy atom. The van der Waals surface area contributed by atoms with Crippen molar-refractivity contribution in [2.24, 2.45) is 4.99 Å². The van der Waals surface area contributed by atoms with Gasteiger partial charge in [-0.05, 0) is 54.4 Å². The number of pyridine rings is 1. The van der Waals surface area contributed by atoms with Crippen LogP contribution in [0, 0.1) is 6.92 Å². The second-order valence-electron chi connectivity index (χ2n) is 6.25. The average Bonchev–Trinajstić information content (AvgIpc) is 2.76. The van der Waals surface area contributed by atoms with Crippen LogP contribution in [0.15, 0.2) is 72.0 Å². The molecule has 0 bridgehead atoms. The lowest BCUT2D eigenvalue weighted by atomic mass is 10.2. The minimum atomic E-state index is -0.305. The van der Waals surface area contributed by atoms with Crippen LogP contribution in [-0.4, -0.2) is 24.0 Å². The number of carbonyl (C=O) groups is 1. The zero-order chi connectivity index (χ0) is 20.6. The molecule has 29 heavy (non-hydrogen) atoms. The van der Waals surface area contributed by atoms with Gasteiger partial charge < -0.3 is 10.1 Å². The van der Waals surface area contributed by atoms with Crippen LogP contribution >= 0.6 is 11.6 Å². The summed E-state index contributed by atoms with van der Waals surface area (Å²) in [5.74, 6) is 0.609. The van der Waals surface area contributed by atoms with Crippen molar-refractivity contribution in [1.82, 2.24) is 10.3 Å². The number of amides is 1. The van der Waals surface area contributed by atoms with E-state index in [1.807, 2.05) is 37.3 Å². The largest absolute Gasteiger partial charge is 0.497 e. The molecular weight excluding hydrogens is 388 g/mol. The van der Waals surface area contributed by atoms with Crippen LogP contribution < -0.4 is 15.4 Å². The molecule has 3 rings (SSSR count). The highest BCUT2D eigenvalue weighted by molar-refractivity contribution is 6.31. The summed E-state index contributed by atoms with van der Waals surface area (Å²) in [6.45, 7) is 2.25. The Hall–Kier alpha value is -3.38. The molecule has 0 spiro atoms. The summed E-state index contributed by atoms with van der Waals surface area (Å²) < 4.78 is 5.19. The monoisotopic (exact) mass is 408 g/mol. The maximum absolute atomic E-state index is 12.8. The van der Waals surface area contributed by atoms with Crippen LogP contribution in [-0.2, 0) is 6.54 Å². The summed E-state index contributed by atoms with van der Waals surface area (Å²) in [4.78, 5) is 21.4. The first-order chi connectivity index (χ1) is 14.1. The highest BCUT2D eigenvalue weighted by Crippen LogP contribution is 2.23. The van der Waals surface area contributed by atoms with Crippen molar-refractivity contribution in [1.29, 1.82) is 0 Å². The van der Waals surface area contributed by atoms with Gasteiger partial charge in [-0.3, -0.25) is 15.1 Å². The van der Waals surface area contributed by atoms with Crippen molar-refractivity contribution >= 4 is 29.2 Å². The Morgan fingerprint density at radius 1 is 1.17 bits per heavy atom. The van der Waals surface area contributed by atoms with Crippen LogP contribution in [0.5, 0.6) is 5.75 Å². The molecule has 6 nitrogen and oxygen atoms in total. The first-order valence-electron chi connectivity index (χ1n) is 8.97. The zero-order valence-electron chi connectivity index (χ0n) is 16.1. The number of halogens is 1. The van der Waals surface area contributed by atoms with E-state index < -0.39 is 0 Å². The molecule has 0 saturated carbocycles. The van der Waals surface area contributed by atoms with Crippen LogP contribution in [0.4, 0.5) is 5.69 Å². The van der Waals surface area contributed by atoms with E-state index in [0.717, 1.165) is 16.8 Å². The zero-order valence-corrected chi connectivity index (χ0v) is 16.9. The fourth-order valence-electron chi connectivity index (χ4n) is 2.59. The van der Waals surface area contributed by atoms with E-state index in [-0.39, 0.29) is 5.91 Å². The minimum absolute atomic E-state index is 0.305. The average molecular weight is 409 g/mol. The van der Waals surface area contributed by atoms with Crippen molar-refractivity contribution in [3.63, 3.8) is 0 Å². The number of benzene rings is 2. The van der Waals surface area contributed by atoms with Crippen molar-refractivity contribution in [2.45, 2.75) is 13.5 Å². The summed E-state index contributed by atoms with van der Waals surface area (Å²) in [6.07, 6.45) is 3.43. The number of nitrogens with zero attached hydrogens (tertiary/aromatic N) is 2. The quantitative estimate of drug-likeness (QED) is 0.483. The Morgan fingerprint density at radius 3 is 2.76 bits per heavy atom. The number of carbonyl (C=O) groups excluding carboxylic acids is 1. The number of methoxy groups -OCH3 is 1. The molecule has 0 atom stereocenters. The molecule has 0 saturated heterocycles. The van der Waals surface area contributed by atoms with E-state index >= 15 is 0 Å². The summed E-state index contributed by atoms with van der Waals surface area (Å²) in [5.41, 5.74) is 3.00. The van der Waals surface area contributed by atoms with E-state index in [4.69, 9.17) is 16.3 Å². The number of guanidine groups is 1. The van der Waals surface area contributed by atoms with E-state index in [2.05, 4.69) is 20.6 Å². The predicted octanol–water partition coefficient (Wildman–Crippen LogP) is 4.45. The second kappa shape index (κ2) is 9.71. The van der Waals surface area contributed by atoms with Crippen molar-refractivity contribution < 1.29 is 9.53 Å². The topological polar surface area (TPSA) is 75.6 Å². The molecule has 0 aliphatic heterocycles. The summed E-state index contributed by atoms with van der Waals surface area (Å²) in [5, 5.41) is 6.63. The number of hydrogen-bond donors (Lipinski definition) is 2. The van der Waals surface area contributed by atoms with E-state index in [1.54, 1.807) is 43.8 Å². The van der Waals surface area contributed by atoms with Crippen LogP contribution in [0.25, 0.3) is 0 Å². The Kier molecular flexibility index (Phi) is 6.81. The van der Waals surface area contributed by atoms with Gasteiger partial charge in [-0.25, -0.2) is 4.99 Å². The number of rotatable bonds is 5. The van der Waals surface area contributed by atoms with Gasteiger partial charge in [0.2, 0.25) is 5.96 Å². The fourth-order valence-corrected chi connectivity index (χ4v) is 2.76. The Labute approximate surface area is 174 Å². The van der Waals surface area contributed by atoms with Gasteiger partial charge in [-0.15, -0.1) is 0 Å². The molecule has 0 aliphatic rings. The number of hydrogen-bond acceptors (Lipinski definition) is 4. The van der Waals surface area contributed by atoms with Crippen molar-refractivity contribution in [2.75, 3.05) is 12.4 Å². The van der Waals surface area contributed by atoms with Crippen LogP contribution in [0.1, 0.15) is 21.5 Å². The van der Waals surface area contributed by atoms with Gasteiger partial charge in [0, 0.05) is 28.7 Å². The van der Waals surface area contributed by atoms with Gasteiger partial charge in [0.1, 0.15) is 5.75 Å². The van der Waals surface area contributed by atoms with Gasteiger partial charge in [0.15, 0.2) is 0 Å². The first kappa shape index (κ1) is 20.4. The Bertz CT molecular complexity index is 1020. The van der Waals surface area contributed by atoms with Gasteiger partial charge in [0.25, 0.3) is 5.91 Å². The molecule has 1 amide bonds. The summed E-state index contributed by atoms with van der Waals surface area (Å²) in [6, 6.07) is 16.2. The van der Waals surface area contributed by atoms with Gasteiger partial charge in [-0.2, -0.15) is 0 Å². The fraction of sp³-hybridized carbons (Fsp3) is 0.136. The SMILES string of the molecule is COc1cccc(C(=O)NC(=NCc2cccnc2)Nc2cccc(Cl)c2C)c1. The molecule has 148 valence electrons. The maximum atomic E-state index is 12.8. The molecule has 0 radical (unpaired) electrons. The molecule has 3 aromatic rings. The first-order valence-corrected chi connectivity index (χ1v) is 9.35. The number of aliphatic imine (C=N–C) groups is 1. The standard InChI is InChI=1S/C22H21ClN4O2/c1-15-19(23)9-4-10-20(15)26-22(25-14-16-6-5-11-24-13-16)27-21(28)17-7-3-8-18(12-17)29-2/h3-13H,14H2,1-2H3,(H2,25,26,27,28). The van der Waals surface area contributed by atoms with Crippen molar-refractivity contribution in [3.05, 3.63) is 88.7 Å². The second-order valence-corrected chi connectivity index (χ2v) is 6.66. The summed E-state index contributed by atoms with van der Waals surface area (Å²) in [7, 11) is 1.56. The lowest BCUT2D eigenvalue weighted by Crippen LogP contribution is -2.36. The lowest BCUT2D eigenvalue weighted by molar-refractivity contribution is 0.0976. The number of anilines is 1. The normalized spacial score (nSPS) is 11.1. The number of nitrogens with one attached hydrogen (secondary N) is 2. The predicted molar refractivity (Wildman–Crippen MR) is 116 cm³/mol. The van der Waals surface area contributed by atoms with Crippen molar-refractivity contribution in [3.8, 4) is 5.75 Å². The molecule has 2 aromatic carbocycles.